The Morgan fingerprint density at radius 2 is 1.59 bits per heavy atom. The normalized spacial score (nSPS) is 21.4. The molecular formula is C18H25Cl2N3O3S. The smallest absolute Gasteiger partial charge is 0.211 e. The molecule has 0 N–H and O–H groups in total. The number of likely N-dealkylation sites (tertiary alicyclic amines) is 1. The van der Waals surface area contributed by atoms with Crippen molar-refractivity contribution in [3.05, 3.63) is 33.8 Å². The first-order valence-corrected chi connectivity index (χ1v) is 11.8. The number of rotatable bonds is 6. The van der Waals surface area contributed by atoms with Crippen molar-refractivity contribution < 1.29 is 13.2 Å². The highest BCUT2D eigenvalue weighted by molar-refractivity contribution is 7.88. The van der Waals surface area contributed by atoms with E-state index in [1.54, 1.807) is 12.1 Å². The first-order valence-electron chi connectivity index (χ1n) is 9.15. The van der Waals surface area contributed by atoms with Crippen molar-refractivity contribution in [1.82, 2.24) is 14.1 Å². The van der Waals surface area contributed by atoms with Gasteiger partial charge in [-0.1, -0.05) is 29.3 Å². The molecule has 27 heavy (non-hydrogen) atoms. The summed E-state index contributed by atoms with van der Waals surface area (Å²) >= 11 is 12.1. The van der Waals surface area contributed by atoms with E-state index in [-0.39, 0.29) is 18.4 Å². The van der Waals surface area contributed by atoms with Crippen LogP contribution in [-0.4, -0.2) is 80.0 Å². The number of nitrogens with zero attached hydrogens (tertiary/aromatic N) is 3. The van der Waals surface area contributed by atoms with Crippen LogP contribution in [-0.2, 0) is 21.2 Å². The van der Waals surface area contributed by atoms with E-state index >= 15 is 0 Å². The van der Waals surface area contributed by atoms with Crippen LogP contribution in [0.15, 0.2) is 18.2 Å². The van der Waals surface area contributed by atoms with Crippen LogP contribution in [0.4, 0.5) is 0 Å². The second-order valence-corrected chi connectivity index (χ2v) is 10.0. The fraction of sp³-hybridized carbons (Fsp3) is 0.611. The molecule has 0 saturated carbocycles. The molecule has 9 heteroatoms. The van der Waals surface area contributed by atoms with Crippen LogP contribution < -0.4 is 0 Å². The van der Waals surface area contributed by atoms with Crippen molar-refractivity contribution in [3.63, 3.8) is 0 Å². The predicted octanol–water partition coefficient (Wildman–Crippen LogP) is 2.10. The van der Waals surface area contributed by atoms with Crippen molar-refractivity contribution >= 4 is 39.0 Å². The molecule has 0 amide bonds. The second kappa shape index (κ2) is 8.76. The van der Waals surface area contributed by atoms with E-state index < -0.39 is 10.0 Å². The quantitative estimate of drug-likeness (QED) is 0.687. The number of Topliss-reactive ketones (excluding diaryl/α,β-unsaturated/α-hetero) is 1. The van der Waals surface area contributed by atoms with Crippen molar-refractivity contribution in [2.24, 2.45) is 0 Å². The Morgan fingerprint density at radius 1 is 1.00 bits per heavy atom. The molecule has 6 nitrogen and oxygen atoms in total. The molecule has 1 atom stereocenters. The molecule has 2 saturated heterocycles. The van der Waals surface area contributed by atoms with Gasteiger partial charge in [0.25, 0.3) is 0 Å². The van der Waals surface area contributed by atoms with Crippen LogP contribution in [0.5, 0.6) is 0 Å². The number of hydrogen-bond acceptors (Lipinski definition) is 5. The molecule has 1 aromatic rings. The van der Waals surface area contributed by atoms with Crippen molar-refractivity contribution in [2.45, 2.75) is 25.4 Å². The first kappa shape index (κ1) is 21.0. The van der Waals surface area contributed by atoms with Gasteiger partial charge < -0.3 is 0 Å². The summed E-state index contributed by atoms with van der Waals surface area (Å²) in [5.41, 5.74) is 0.841. The Bertz CT molecular complexity index is 789. The Hall–Kier alpha value is -0.700. The van der Waals surface area contributed by atoms with Crippen LogP contribution in [0.1, 0.15) is 18.4 Å². The number of hydrogen-bond donors (Lipinski definition) is 0. The first-order chi connectivity index (χ1) is 12.8. The third-order valence-corrected chi connectivity index (χ3v) is 7.27. The SMILES string of the molecule is CS(=O)(=O)N1CCN(C(C(=O)Cc2ccc(Cl)c(Cl)c2)N2CCCC2)CC1. The number of piperazine rings is 1. The summed E-state index contributed by atoms with van der Waals surface area (Å²) in [7, 11) is -3.19. The van der Waals surface area contributed by atoms with Gasteiger partial charge in [0.2, 0.25) is 10.0 Å². The fourth-order valence-corrected chi connectivity index (χ4v) is 4.99. The highest BCUT2D eigenvalue weighted by atomic mass is 35.5. The molecule has 2 aliphatic heterocycles. The number of sulfonamides is 1. The van der Waals surface area contributed by atoms with Crippen LogP contribution in [0.3, 0.4) is 0 Å². The number of ketones is 1. The zero-order chi connectivity index (χ0) is 19.6. The molecule has 150 valence electrons. The third-order valence-electron chi connectivity index (χ3n) is 5.22. The summed E-state index contributed by atoms with van der Waals surface area (Å²) in [5.74, 6) is 0.114. The maximum absolute atomic E-state index is 13.2. The average molecular weight is 434 g/mol. The molecule has 0 spiro atoms. The van der Waals surface area contributed by atoms with Crippen LogP contribution in [0.2, 0.25) is 10.0 Å². The number of halogens is 2. The molecular weight excluding hydrogens is 409 g/mol. The molecule has 2 aliphatic rings. The van der Waals surface area contributed by atoms with Gasteiger partial charge in [-0.3, -0.25) is 14.6 Å². The number of carbonyl (C=O) groups excluding carboxylic acids is 1. The van der Waals surface area contributed by atoms with Gasteiger partial charge in [0, 0.05) is 45.7 Å². The number of benzene rings is 1. The predicted molar refractivity (Wildman–Crippen MR) is 108 cm³/mol. The average Bonchev–Trinajstić information content (AvgIpc) is 3.12. The molecule has 0 radical (unpaired) electrons. The van der Waals surface area contributed by atoms with Crippen LogP contribution >= 0.6 is 23.2 Å². The maximum atomic E-state index is 13.2. The van der Waals surface area contributed by atoms with E-state index in [4.69, 9.17) is 23.2 Å². The molecule has 2 heterocycles. The van der Waals surface area contributed by atoms with E-state index in [9.17, 15) is 13.2 Å². The highest BCUT2D eigenvalue weighted by Gasteiger charge is 2.36. The largest absolute Gasteiger partial charge is 0.296 e. The van der Waals surface area contributed by atoms with E-state index in [0.717, 1.165) is 31.5 Å². The van der Waals surface area contributed by atoms with Gasteiger partial charge in [-0.25, -0.2) is 8.42 Å². The topological polar surface area (TPSA) is 60.9 Å². The van der Waals surface area contributed by atoms with Gasteiger partial charge >= 0.3 is 0 Å². The van der Waals surface area contributed by atoms with Crippen molar-refractivity contribution in [2.75, 3.05) is 45.5 Å². The lowest BCUT2D eigenvalue weighted by molar-refractivity contribution is -0.131. The molecule has 2 fully saturated rings. The van der Waals surface area contributed by atoms with Crippen molar-refractivity contribution in [1.29, 1.82) is 0 Å². The summed E-state index contributed by atoms with van der Waals surface area (Å²) in [6.45, 7) is 3.74. The van der Waals surface area contributed by atoms with Gasteiger partial charge in [0.05, 0.1) is 16.3 Å². The summed E-state index contributed by atoms with van der Waals surface area (Å²) < 4.78 is 25.0. The molecule has 1 unspecified atom stereocenters. The van der Waals surface area contributed by atoms with E-state index in [0.29, 0.717) is 36.2 Å². The van der Waals surface area contributed by atoms with Gasteiger partial charge in [-0.15, -0.1) is 0 Å². The van der Waals surface area contributed by atoms with Crippen molar-refractivity contribution in [3.8, 4) is 0 Å². The lowest BCUT2D eigenvalue weighted by atomic mass is 10.1. The lowest BCUT2D eigenvalue weighted by Crippen LogP contribution is -2.59. The molecule has 0 aromatic heterocycles. The summed E-state index contributed by atoms with van der Waals surface area (Å²) in [6, 6.07) is 5.28. The minimum Gasteiger partial charge on any atom is -0.296 e. The minimum atomic E-state index is -3.19. The Morgan fingerprint density at radius 3 is 2.15 bits per heavy atom. The Kier molecular flexibility index (Phi) is 6.82. The fourth-order valence-electron chi connectivity index (χ4n) is 3.85. The van der Waals surface area contributed by atoms with E-state index in [1.165, 1.54) is 10.6 Å². The minimum absolute atomic E-state index is 0.114. The Labute approximate surface area is 171 Å². The van der Waals surface area contributed by atoms with E-state index in [1.807, 2.05) is 6.07 Å². The van der Waals surface area contributed by atoms with Gasteiger partial charge in [-0.2, -0.15) is 4.31 Å². The van der Waals surface area contributed by atoms with Gasteiger partial charge in [0.15, 0.2) is 5.78 Å². The zero-order valence-electron chi connectivity index (χ0n) is 15.4. The third kappa shape index (κ3) is 5.22. The maximum Gasteiger partial charge on any atom is 0.211 e. The summed E-state index contributed by atoms with van der Waals surface area (Å²) in [6.07, 6.45) is 3.36. The van der Waals surface area contributed by atoms with Gasteiger partial charge in [0.1, 0.15) is 6.17 Å². The molecule has 0 aliphatic carbocycles. The van der Waals surface area contributed by atoms with Crippen LogP contribution in [0, 0.1) is 0 Å². The summed E-state index contributed by atoms with van der Waals surface area (Å²) in [5, 5.41) is 0.919. The lowest BCUT2D eigenvalue weighted by Gasteiger charge is -2.41. The Balaban J connectivity index is 1.73. The summed E-state index contributed by atoms with van der Waals surface area (Å²) in [4.78, 5) is 17.5. The number of carbonyl (C=O) groups is 1. The highest BCUT2D eigenvalue weighted by Crippen LogP contribution is 2.24. The second-order valence-electron chi connectivity index (χ2n) is 7.21. The standard InChI is InChI=1S/C18H25Cl2N3O3S/c1-27(25,26)23-10-8-22(9-11-23)18(21-6-2-3-7-21)17(24)13-14-4-5-15(19)16(20)12-14/h4-5,12,18H,2-3,6-11,13H2,1H3. The zero-order valence-corrected chi connectivity index (χ0v) is 17.7. The van der Waals surface area contributed by atoms with Gasteiger partial charge in [-0.05, 0) is 30.5 Å². The van der Waals surface area contributed by atoms with Crippen LogP contribution in [0.25, 0.3) is 0 Å². The van der Waals surface area contributed by atoms with E-state index in [2.05, 4.69) is 9.80 Å². The molecule has 3 rings (SSSR count). The monoisotopic (exact) mass is 433 g/mol. The molecule has 1 aromatic carbocycles. The molecule has 0 bridgehead atoms.